The van der Waals surface area contributed by atoms with Crippen LogP contribution in [0.2, 0.25) is 0 Å². The number of aliphatic hydroxyl groups is 2. The minimum Gasteiger partial charge on any atom is -0.504 e. The maximum absolute atomic E-state index is 13.8. The van der Waals surface area contributed by atoms with Crippen LogP contribution in [0.15, 0.2) is 48.5 Å². The lowest BCUT2D eigenvalue weighted by Gasteiger charge is -2.31. The first-order chi connectivity index (χ1) is 26.1. The van der Waals surface area contributed by atoms with Crippen molar-refractivity contribution in [3.8, 4) is 69.0 Å². The van der Waals surface area contributed by atoms with E-state index in [1.807, 2.05) is 0 Å². The van der Waals surface area contributed by atoms with Crippen molar-refractivity contribution in [1.82, 2.24) is 0 Å². The largest absolute Gasteiger partial charge is 0.504 e. The van der Waals surface area contributed by atoms with Gasteiger partial charge in [-0.1, -0.05) is 0 Å². The van der Waals surface area contributed by atoms with Crippen LogP contribution in [0.25, 0.3) is 0 Å². The third-order valence-electron chi connectivity index (χ3n) is 7.62. The zero-order chi connectivity index (χ0) is 41.9. The summed E-state index contributed by atoms with van der Waals surface area (Å²) in [5.41, 5.74) is -3.33. The van der Waals surface area contributed by atoms with Crippen molar-refractivity contribution in [1.29, 1.82) is 0 Å². The normalized spacial score (nSPS) is 13.1. The molecule has 22 nitrogen and oxygen atoms in total. The van der Waals surface area contributed by atoms with Gasteiger partial charge < -0.3 is 85.7 Å². The molecular formula is C34H28O22. The van der Waals surface area contributed by atoms with Crippen LogP contribution in [-0.2, 0) is 19.0 Å². The van der Waals surface area contributed by atoms with Gasteiger partial charge in [0.25, 0.3) is 0 Å². The van der Waals surface area contributed by atoms with Crippen molar-refractivity contribution in [2.75, 3.05) is 6.61 Å². The highest BCUT2D eigenvalue weighted by Crippen LogP contribution is 2.39. The number of carbonyl (C=O) groups is 5. The fraction of sp³-hybridized carbons (Fsp3) is 0.147. The summed E-state index contributed by atoms with van der Waals surface area (Å²) in [6, 6.07) is 4.04. The molecule has 0 unspecified atom stereocenters. The van der Waals surface area contributed by atoms with Gasteiger partial charge >= 0.3 is 17.9 Å². The molecular weight excluding hydrogens is 760 g/mol. The number of aromatic hydroxyl groups is 12. The number of phenols is 12. The van der Waals surface area contributed by atoms with Gasteiger partial charge in [0.05, 0.1) is 16.7 Å². The van der Waals surface area contributed by atoms with Crippen LogP contribution in [0.1, 0.15) is 41.4 Å². The highest BCUT2D eigenvalue weighted by molar-refractivity contribution is 6.45. The van der Waals surface area contributed by atoms with E-state index >= 15 is 0 Å². The molecule has 0 aromatic heterocycles. The number of benzene rings is 4. The lowest BCUT2D eigenvalue weighted by Crippen LogP contribution is -2.54. The van der Waals surface area contributed by atoms with Crippen LogP contribution in [0.3, 0.4) is 0 Å². The molecule has 0 saturated carbocycles. The summed E-state index contributed by atoms with van der Waals surface area (Å²) < 4.78 is 15.0. The molecule has 4 atom stereocenters. The van der Waals surface area contributed by atoms with E-state index in [2.05, 4.69) is 0 Å². The Hall–Kier alpha value is -7.85. The smallest absolute Gasteiger partial charge is 0.339 e. The number of phenolic OH excluding ortho intramolecular Hbond substituents is 12. The summed E-state index contributed by atoms with van der Waals surface area (Å²) in [5.74, 6) is -22.1. The van der Waals surface area contributed by atoms with E-state index in [1.165, 1.54) is 0 Å². The van der Waals surface area contributed by atoms with Gasteiger partial charge in [-0.15, -0.1) is 0 Å². The number of Topliss-reactive ketones (excluding diaryl/α,β-unsaturated/α-hetero) is 2. The molecule has 0 aliphatic rings. The van der Waals surface area contributed by atoms with Gasteiger partial charge in [-0.2, -0.15) is 0 Å². The summed E-state index contributed by atoms with van der Waals surface area (Å²) in [6.45, 7) is -1.33. The van der Waals surface area contributed by atoms with Crippen LogP contribution in [0, 0.1) is 0 Å². The Balaban J connectivity index is 1.81. The van der Waals surface area contributed by atoms with Gasteiger partial charge in [0.2, 0.25) is 17.7 Å². The van der Waals surface area contributed by atoms with Gasteiger partial charge in [-0.05, 0) is 48.5 Å². The van der Waals surface area contributed by atoms with Crippen LogP contribution >= 0.6 is 0 Å². The second kappa shape index (κ2) is 16.0. The fourth-order valence-corrected chi connectivity index (χ4v) is 4.69. The Morgan fingerprint density at radius 2 is 0.750 bits per heavy atom. The number of carbonyl (C=O) groups excluding carboxylic acids is 5. The van der Waals surface area contributed by atoms with Gasteiger partial charge in [-0.25, -0.2) is 14.4 Å². The zero-order valence-corrected chi connectivity index (χ0v) is 27.7. The molecule has 4 rings (SSSR count). The highest BCUT2D eigenvalue weighted by Gasteiger charge is 2.46. The lowest BCUT2D eigenvalue weighted by atomic mass is 9.94. The number of rotatable bonds is 13. The van der Waals surface area contributed by atoms with E-state index in [-0.39, 0.29) is 0 Å². The molecule has 14 N–H and O–H groups in total. The third-order valence-corrected chi connectivity index (χ3v) is 7.62. The fourth-order valence-electron chi connectivity index (χ4n) is 4.69. The summed E-state index contributed by atoms with van der Waals surface area (Å²) >= 11 is 0. The Bertz CT molecular complexity index is 2150. The predicted molar refractivity (Wildman–Crippen MR) is 176 cm³/mol. The number of hydrogen-bond donors (Lipinski definition) is 14. The Kier molecular flexibility index (Phi) is 11.7. The molecule has 0 bridgehead atoms. The Morgan fingerprint density at radius 3 is 1.11 bits per heavy atom. The van der Waals surface area contributed by atoms with Crippen LogP contribution < -0.4 is 0 Å². The SMILES string of the molecule is O=C(OC[C@@H](O)[C@@H](O)[C@H](OC(=O)c1cc(O)c(O)c(O)c1)[C@@H](OC(=O)c1cc(O)c(O)c(O)c1)C(=O)C(=O)c1cc(O)c(O)c(O)c1)c1cc(O)c(O)c(O)c1. The molecule has 22 heteroatoms. The van der Waals surface area contributed by atoms with E-state index < -0.39 is 152 Å². The summed E-state index contributed by atoms with van der Waals surface area (Å²) in [6.07, 6.45) is -11.1. The van der Waals surface area contributed by atoms with Crippen LogP contribution in [0.4, 0.5) is 0 Å². The van der Waals surface area contributed by atoms with Gasteiger partial charge in [-0.3, -0.25) is 9.59 Å². The first kappa shape index (κ1) is 40.9. The highest BCUT2D eigenvalue weighted by atomic mass is 16.6. The molecule has 0 spiro atoms. The molecule has 0 fully saturated rings. The average molecular weight is 789 g/mol. The lowest BCUT2D eigenvalue weighted by molar-refractivity contribution is -0.146. The Labute approximate surface area is 310 Å². The number of esters is 3. The summed E-state index contributed by atoms with van der Waals surface area (Å²) in [4.78, 5) is 66.5. The zero-order valence-electron chi connectivity index (χ0n) is 27.7. The van der Waals surface area contributed by atoms with Crippen molar-refractivity contribution in [3.63, 3.8) is 0 Å². The van der Waals surface area contributed by atoms with Gasteiger partial charge in [0, 0.05) is 5.56 Å². The average Bonchev–Trinajstić information content (AvgIpc) is 3.15. The summed E-state index contributed by atoms with van der Waals surface area (Å²) in [5, 5.41) is 140. The van der Waals surface area contributed by atoms with Crippen molar-refractivity contribution in [2.24, 2.45) is 0 Å². The molecule has 0 aliphatic carbocycles. The first-order valence-corrected chi connectivity index (χ1v) is 15.2. The van der Waals surface area contributed by atoms with E-state index in [0.717, 1.165) is 0 Å². The van der Waals surface area contributed by atoms with E-state index in [9.17, 15) is 95.5 Å². The monoisotopic (exact) mass is 788 g/mol. The van der Waals surface area contributed by atoms with Crippen molar-refractivity contribution >= 4 is 29.5 Å². The topological polar surface area (TPSA) is 396 Å². The maximum Gasteiger partial charge on any atom is 0.339 e. The van der Waals surface area contributed by atoms with E-state index in [4.69, 9.17) is 14.2 Å². The molecule has 4 aromatic rings. The molecule has 0 saturated heterocycles. The molecule has 296 valence electrons. The number of ether oxygens (including phenoxy) is 3. The van der Waals surface area contributed by atoms with Crippen molar-refractivity contribution in [2.45, 2.75) is 24.4 Å². The summed E-state index contributed by atoms with van der Waals surface area (Å²) in [7, 11) is 0. The third kappa shape index (κ3) is 8.51. The minimum atomic E-state index is -2.97. The predicted octanol–water partition coefficient (Wildman–Crippen LogP) is -0.0644. The quantitative estimate of drug-likeness (QED) is 0.0277. The molecule has 56 heavy (non-hydrogen) atoms. The second-order valence-electron chi connectivity index (χ2n) is 11.5. The van der Waals surface area contributed by atoms with Gasteiger partial charge in [0.1, 0.15) is 18.8 Å². The molecule has 0 aliphatic heterocycles. The molecule has 0 radical (unpaired) electrons. The van der Waals surface area contributed by atoms with Gasteiger partial charge in [0.15, 0.2) is 75.1 Å². The molecule has 0 heterocycles. The number of aliphatic hydroxyl groups excluding tert-OH is 2. The number of hydrogen-bond acceptors (Lipinski definition) is 22. The molecule has 4 aromatic carbocycles. The number of ketones is 2. The maximum atomic E-state index is 13.8. The second-order valence-corrected chi connectivity index (χ2v) is 11.5. The molecule has 0 amide bonds. The first-order valence-electron chi connectivity index (χ1n) is 15.2. The van der Waals surface area contributed by atoms with Crippen molar-refractivity contribution in [3.05, 3.63) is 70.8 Å². The minimum absolute atomic E-state index is 0.441. The van der Waals surface area contributed by atoms with Crippen LogP contribution in [-0.4, -0.2) is 132 Å². The Morgan fingerprint density at radius 1 is 0.446 bits per heavy atom. The van der Waals surface area contributed by atoms with E-state index in [0.29, 0.717) is 48.5 Å². The van der Waals surface area contributed by atoms with Crippen molar-refractivity contribution < 1.29 is 110 Å². The standard InChI is InChI=1S/C34H28O22/c35-14-1-10(2-15(36)24(14)45)23(44)29(50)31(56-34(53)13-7-20(41)27(48)21(42)8-13)30(55-33(52)12-5-18(39)26(47)19(40)6-12)28(49)22(43)9-54-32(51)11-3-16(37)25(46)17(38)4-11/h1-8,22,28,30-31,35-43,45-49H,9H2/t22-,28-,30+,31+/m1/s1. The van der Waals surface area contributed by atoms with E-state index in [1.54, 1.807) is 0 Å². The van der Waals surface area contributed by atoms with Crippen LogP contribution in [0.5, 0.6) is 69.0 Å².